The van der Waals surface area contributed by atoms with Gasteiger partial charge in [0.2, 0.25) is 0 Å². The van der Waals surface area contributed by atoms with Gasteiger partial charge in [0.05, 0.1) is 24.7 Å². The molecule has 0 unspecified atom stereocenters. The number of nitrogens with zero attached hydrogens (tertiary/aromatic N) is 1. The molecule has 0 amide bonds. The largest absolute Gasteiger partial charge is 0.493 e. The van der Waals surface area contributed by atoms with Crippen LogP contribution in [0.15, 0.2) is 12.1 Å². The minimum atomic E-state index is -0.455. The lowest BCUT2D eigenvalue weighted by Gasteiger charge is -2.22. The zero-order chi connectivity index (χ0) is 15.2. The maximum atomic E-state index is 11.1. The van der Waals surface area contributed by atoms with Gasteiger partial charge in [0.15, 0.2) is 11.5 Å². The van der Waals surface area contributed by atoms with Crippen molar-refractivity contribution in [3.63, 3.8) is 0 Å². The number of ether oxygens (including phenoxy) is 3. The van der Waals surface area contributed by atoms with Crippen molar-refractivity contribution in [2.75, 3.05) is 26.9 Å². The van der Waals surface area contributed by atoms with Crippen LogP contribution in [0.1, 0.15) is 18.4 Å². The zero-order valence-corrected chi connectivity index (χ0v) is 12.0. The van der Waals surface area contributed by atoms with Gasteiger partial charge in [0.25, 0.3) is 5.69 Å². The Bertz CT molecular complexity index is 500. The predicted octanol–water partition coefficient (Wildman–Crippen LogP) is 1.87. The first-order chi connectivity index (χ1) is 10.2. The lowest BCUT2D eigenvalue weighted by atomic mass is 10.0. The van der Waals surface area contributed by atoms with E-state index < -0.39 is 4.92 Å². The first-order valence-electron chi connectivity index (χ1n) is 6.91. The molecule has 1 saturated heterocycles. The Labute approximate surface area is 123 Å². The van der Waals surface area contributed by atoms with Crippen molar-refractivity contribution in [1.29, 1.82) is 0 Å². The second-order valence-electron chi connectivity index (χ2n) is 4.96. The molecule has 1 aliphatic heterocycles. The molecule has 1 aromatic carbocycles. The van der Waals surface area contributed by atoms with Gasteiger partial charge in [-0.2, -0.15) is 0 Å². The molecule has 0 bridgehead atoms. The number of hydrogen-bond donors (Lipinski definition) is 1. The molecule has 7 heteroatoms. The van der Waals surface area contributed by atoms with Crippen LogP contribution in [0.5, 0.6) is 11.5 Å². The van der Waals surface area contributed by atoms with Gasteiger partial charge in [-0.25, -0.2) is 0 Å². The number of methoxy groups -OCH3 is 1. The first-order valence-corrected chi connectivity index (χ1v) is 6.91. The Morgan fingerprint density at radius 3 is 2.67 bits per heavy atom. The Balaban J connectivity index is 2.16. The van der Waals surface area contributed by atoms with Gasteiger partial charge in [-0.05, 0) is 24.8 Å². The van der Waals surface area contributed by atoms with Crippen LogP contribution in [0.2, 0.25) is 0 Å². The van der Waals surface area contributed by atoms with Gasteiger partial charge in [-0.3, -0.25) is 10.1 Å². The van der Waals surface area contributed by atoms with E-state index in [1.165, 1.54) is 13.2 Å². The van der Waals surface area contributed by atoms with Gasteiger partial charge in [-0.15, -0.1) is 0 Å². The molecule has 0 atom stereocenters. The molecule has 0 spiro atoms. The van der Waals surface area contributed by atoms with Crippen LogP contribution >= 0.6 is 0 Å². The van der Waals surface area contributed by atoms with Gasteiger partial charge in [-0.1, -0.05) is 0 Å². The molecule has 0 saturated carbocycles. The van der Waals surface area contributed by atoms with Crippen molar-refractivity contribution in [1.82, 2.24) is 0 Å². The van der Waals surface area contributed by atoms with Crippen molar-refractivity contribution in [3.05, 3.63) is 27.8 Å². The molecular formula is C14H20N2O5. The predicted molar refractivity (Wildman–Crippen MR) is 76.6 cm³/mol. The lowest BCUT2D eigenvalue weighted by Crippen LogP contribution is -2.21. The van der Waals surface area contributed by atoms with Gasteiger partial charge in [0, 0.05) is 25.3 Å². The van der Waals surface area contributed by atoms with Crippen LogP contribution in [0, 0.1) is 16.0 Å². The van der Waals surface area contributed by atoms with E-state index in [9.17, 15) is 10.1 Å². The molecule has 21 heavy (non-hydrogen) atoms. The summed E-state index contributed by atoms with van der Waals surface area (Å²) in [6.07, 6.45) is 1.87. The summed E-state index contributed by atoms with van der Waals surface area (Å²) < 4.78 is 16.3. The highest BCUT2D eigenvalue weighted by molar-refractivity contribution is 5.54. The van der Waals surface area contributed by atoms with E-state index in [2.05, 4.69) is 0 Å². The Morgan fingerprint density at radius 1 is 1.38 bits per heavy atom. The lowest BCUT2D eigenvalue weighted by molar-refractivity contribution is -0.385. The summed E-state index contributed by atoms with van der Waals surface area (Å²) >= 11 is 0. The Kier molecular flexibility index (Phi) is 5.35. The molecule has 1 aromatic rings. The molecule has 7 nitrogen and oxygen atoms in total. The Morgan fingerprint density at radius 2 is 2.10 bits per heavy atom. The van der Waals surface area contributed by atoms with E-state index in [0.717, 1.165) is 26.1 Å². The second-order valence-corrected chi connectivity index (χ2v) is 4.96. The highest BCUT2D eigenvalue weighted by Crippen LogP contribution is 2.35. The van der Waals surface area contributed by atoms with Crippen LogP contribution in [0.3, 0.4) is 0 Å². The van der Waals surface area contributed by atoms with Crippen LogP contribution in [0.4, 0.5) is 5.69 Å². The van der Waals surface area contributed by atoms with Crippen molar-refractivity contribution in [2.45, 2.75) is 19.4 Å². The third-order valence-corrected chi connectivity index (χ3v) is 3.60. The van der Waals surface area contributed by atoms with E-state index >= 15 is 0 Å². The second kappa shape index (κ2) is 7.24. The standard InChI is InChI=1S/C14H20N2O5/c1-19-13-6-11(8-15)12(16(17)18)7-14(13)21-9-10-2-4-20-5-3-10/h6-7,10H,2-5,8-9,15H2,1H3. The molecule has 2 rings (SSSR count). The molecule has 0 aliphatic carbocycles. The fraction of sp³-hybridized carbons (Fsp3) is 0.571. The molecule has 1 fully saturated rings. The number of nitro benzene ring substituents is 1. The molecule has 116 valence electrons. The van der Waals surface area contributed by atoms with Crippen LogP contribution < -0.4 is 15.2 Å². The summed E-state index contributed by atoms with van der Waals surface area (Å²) in [6, 6.07) is 2.96. The minimum absolute atomic E-state index is 0.0414. The first kappa shape index (κ1) is 15.5. The van der Waals surface area contributed by atoms with E-state index in [1.54, 1.807) is 6.07 Å². The third-order valence-electron chi connectivity index (χ3n) is 3.60. The summed E-state index contributed by atoms with van der Waals surface area (Å²) in [4.78, 5) is 10.6. The number of nitro groups is 1. The molecule has 1 aliphatic rings. The molecule has 1 heterocycles. The maximum absolute atomic E-state index is 11.1. The molecular weight excluding hydrogens is 276 g/mol. The van der Waals surface area contributed by atoms with Crippen LogP contribution in [-0.2, 0) is 11.3 Å². The summed E-state index contributed by atoms with van der Waals surface area (Å²) in [5.74, 6) is 1.25. The zero-order valence-electron chi connectivity index (χ0n) is 12.0. The minimum Gasteiger partial charge on any atom is -0.493 e. The van der Waals surface area contributed by atoms with E-state index in [-0.39, 0.29) is 12.2 Å². The highest BCUT2D eigenvalue weighted by Gasteiger charge is 2.20. The fourth-order valence-electron chi connectivity index (χ4n) is 2.32. The van der Waals surface area contributed by atoms with Gasteiger partial charge >= 0.3 is 0 Å². The number of hydrogen-bond acceptors (Lipinski definition) is 6. The molecule has 0 aromatic heterocycles. The number of nitrogens with two attached hydrogens (primary N) is 1. The van der Waals surface area contributed by atoms with Crippen molar-refractivity contribution in [2.24, 2.45) is 11.7 Å². The summed E-state index contributed by atoms with van der Waals surface area (Å²) in [6.45, 7) is 2.04. The quantitative estimate of drug-likeness (QED) is 0.635. The highest BCUT2D eigenvalue weighted by atomic mass is 16.6. The van der Waals surface area contributed by atoms with E-state index in [4.69, 9.17) is 19.9 Å². The van der Waals surface area contributed by atoms with E-state index in [0.29, 0.717) is 29.6 Å². The smallest absolute Gasteiger partial charge is 0.277 e. The van der Waals surface area contributed by atoms with Gasteiger partial charge < -0.3 is 19.9 Å². The summed E-state index contributed by atoms with van der Waals surface area (Å²) in [5.41, 5.74) is 5.92. The average molecular weight is 296 g/mol. The topological polar surface area (TPSA) is 96.9 Å². The van der Waals surface area contributed by atoms with Crippen molar-refractivity contribution < 1.29 is 19.1 Å². The van der Waals surface area contributed by atoms with Crippen LogP contribution in [-0.4, -0.2) is 31.9 Å². The van der Waals surface area contributed by atoms with Crippen LogP contribution in [0.25, 0.3) is 0 Å². The average Bonchev–Trinajstić information content (AvgIpc) is 2.52. The SMILES string of the molecule is COc1cc(CN)c([N+](=O)[O-])cc1OCC1CCOCC1. The monoisotopic (exact) mass is 296 g/mol. The molecule has 2 N–H and O–H groups in total. The van der Waals surface area contributed by atoms with E-state index in [1.807, 2.05) is 0 Å². The van der Waals surface area contributed by atoms with Crippen molar-refractivity contribution in [3.8, 4) is 11.5 Å². The normalized spacial score (nSPS) is 15.7. The molecule has 0 radical (unpaired) electrons. The summed E-state index contributed by atoms with van der Waals surface area (Å²) in [7, 11) is 1.50. The maximum Gasteiger partial charge on any atom is 0.277 e. The van der Waals surface area contributed by atoms with Gasteiger partial charge in [0.1, 0.15) is 0 Å². The fourth-order valence-corrected chi connectivity index (χ4v) is 2.32. The summed E-state index contributed by atoms with van der Waals surface area (Å²) in [5, 5.41) is 11.1. The van der Waals surface area contributed by atoms with Crippen molar-refractivity contribution >= 4 is 5.69 Å². The third kappa shape index (κ3) is 3.83. The number of rotatable bonds is 6. The number of benzene rings is 1. The Hall–Kier alpha value is -1.86.